The van der Waals surface area contributed by atoms with Gasteiger partial charge in [0.2, 0.25) is 0 Å². The normalized spacial score (nSPS) is 20.2. The number of hydrogen-bond acceptors (Lipinski definition) is 2. The van der Waals surface area contributed by atoms with Crippen molar-refractivity contribution in [3.63, 3.8) is 0 Å². The molecular formula is C24H29NO. The summed E-state index contributed by atoms with van der Waals surface area (Å²) in [6.45, 7) is 12.3. The zero-order valence-electron chi connectivity index (χ0n) is 16.8. The van der Waals surface area contributed by atoms with Crippen LogP contribution in [0.1, 0.15) is 55.6 Å². The Morgan fingerprint density at radius 2 is 2.04 bits per heavy atom. The molecule has 0 spiro atoms. The molecule has 2 atom stereocenters. The second-order valence-corrected chi connectivity index (χ2v) is 8.26. The fraction of sp³-hybridized carbons (Fsp3) is 0.417. The Labute approximate surface area is 158 Å². The Bertz CT molecular complexity index is 810. The minimum atomic E-state index is -0.504. The average molecular weight is 348 g/mol. The molecule has 2 nitrogen and oxygen atoms in total. The lowest BCUT2D eigenvalue weighted by molar-refractivity contribution is 0.0884. The van der Waals surface area contributed by atoms with Gasteiger partial charge in [0.1, 0.15) is 0 Å². The molecule has 1 aromatic rings. The van der Waals surface area contributed by atoms with Gasteiger partial charge in [-0.3, -0.25) is 9.79 Å². The third-order valence-electron chi connectivity index (χ3n) is 4.56. The lowest BCUT2D eigenvalue weighted by atomic mass is 9.78. The molecule has 0 aliphatic carbocycles. The van der Waals surface area contributed by atoms with Gasteiger partial charge in [-0.15, -0.1) is 0 Å². The third kappa shape index (κ3) is 5.05. The van der Waals surface area contributed by atoms with E-state index in [4.69, 9.17) is 0 Å². The minimum absolute atomic E-state index is 0.0248. The monoisotopic (exact) mass is 347 g/mol. The molecule has 2 rings (SSSR count). The first-order chi connectivity index (χ1) is 12.1. The van der Waals surface area contributed by atoms with Crippen molar-refractivity contribution in [3.8, 4) is 11.8 Å². The topological polar surface area (TPSA) is 29.4 Å². The number of carbonyl (C=O) groups is 1. The zero-order valence-corrected chi connectivity index (χ0v) is 16.8. The van der Waals surface area contributed by atoms with E-state index >= 15 is 0 Å². The predicted molar refractivity (Wildman–Crippen MR) is 111 cm³/mol. The number of hydrogen-bond donors (Lipinski definition) is 0. The summed E-state index contributed by atoms with van der Waals surface area (Å²) in [4.78, 5) is 17.9. The van der Waals surface area contributed by atoms with Gasteiger partial charge in [-0.2, -0.15) is 0 Å². The maximum Gasteiger partial charge on any atom is 0.169 e. The molecule has 1 heterocycles. The number of nitrogens with zero attached hydrogens (tertiary/aromatic N) is 1. The third-order valence-corrected chi connectivity index (χ3v) is 4.56. The van der Waals surface area contributed by atoms with Gasteiger partial charge in [0.15, 0.2) is 5.78 Å². The molecule has 0 N–H and O–H groups in total. The fourth-order valence-electron chi connectivity index (χ4n) is 3.10. The molecule has 2 heteroatoms. The van der Waals surface area contributed by atoms with Crippen LogP contribution in [0.3, 0.4) is 0 Å². The fourth-order valence-corrected chi connectivity index (χ4v) is 3.10. The van der Waals surface area contributed by atoms with Crippen LogP contribution in [0.15, 0.2) is 47.5 Å². The number of Topliss-reactive ketones (excluding diaryl/α,β-unsaturated/α-hetero) is 1. The molecule has 0 amide bonds. The maximum atomic E-state index is 13.3. The largest absolute Gasteiger partial charge is 0.294 e. The van der Waals surface area contributed by atoms with Crippen LogP contribution in [0.25, 0.3) is 0 Å². The van der Waals surface area contributed by atoms with Crippen LogP contribution >= 0.6 is 0 Å². The standard InChI is InChI=1S/C24H29NO/c1-18-12-13-20(19(2)17-18)22(26)21(24(6)15-10-16-25-24)11-8-7-9-14-23(3,4)5/h7-8,10,12-13,15-17,21H,11H2,1-6H3. The lowest BCUT2D eigenvalue weighted by Crippen LogP contribution is -2.35. The van der Waals surface area contributed by atoms with Crippen LogP contribution in [0.4, 0.5) is 0 Å². The summed E-state index contributed by atoms with van der Waals surface area (Å²) in [5, 5.41) is 0. The summed E-state index contributed by atoms with van der Waals surface area (Å²) in [7, 11) is 0. The number of aryl methyl sites for hydroxylation is 2. The number of aliphatic imine (C=N–C) groups is 1. The molecule has 136 valence electrons. The summed E-state index contributed by atoms with van der Waals surface area (Å²) in [5.41, 5.74) is 2.44. The van der Waals surface area contributed by atoms with E-state index in [2.05, 4.69) is 43.7 Å². The van der Waals surface area contributed by atoms with Crippen LogP contribution in [0, 0.1) is 37.0 Å². The van der Waals surface area contributed by atoms with Gasteiger partial charge in [-0.05, 0) is 65.7 Å². The van der Waals surface area contributed by atoms with Crippen LogP contribution in [-0.2, 0) is 0 Å². The van der Waals surface area contributed by atoms with E-state index in [1.807, 2.05) is 57.2 Å². The van der Waals surface area contributed by atoms with Gasteiger partial charge in [-0.1, -0.05) is 47.8 Å². The van der Waals surface area contributed by atoms with E-state index in [9.17, 15) is 4.79 Å². The van der Waals surface area contributed by atoms with Crippen molar-refractivity contribution >= 4 is 12.0 Å². The molecule has 0 saturated heterocycles. The SMILES string of the molecule is Cc1ccc(C(=O)C(CC=CC#CC(C)(C)C)C2(C)C=CC=N2)c(C)c1. The van der Waals surface area contributed by atoms with E-state index in [1.54, 1.807) is 6.21 Å². The van der Waals surface area contributed by atoms with Gasteiger partial charge >= 0.3 is 0 Å². The van der Waals surface area contributed by atoms with Crippen LogP contribution < -0.4 is 0 Å². The van der Waals surface area contributed by atoms with Crippen LogP contribution in [-0.4, -0.2) is 17.5 Å². The summed E-state index contributed by atoms with van der Waals surface area (Å²) < 4.78 is 0. The van der Waals surface area contributed by atoms with Gasteiger partial charge < -0.3 is 0 Å². The highest BCUT2D eigenvalue weighted by molar-refractivity contribution is 6.00. The molecule has 26 heavy (non-hydrogen) atoms. The summed E-state index contributed by atoms with van der Waals surface area (Å²) in [6, 6.07) is 6.00. The number of rotatable bonds is 5. The van der Waals surface area contributed by atoms with Crippen molar-refractivity contribution in [2.24, 2.45) is 16.3 Å². The van der Waals surface area contributed by atoms with Crippen molar-refractivity contribution in [2.45, 2.75) is 53.5 Å². The van der Waals surface area contributed by atoms with Gasteiger partial charge in [0.25, 0.3) is 0 Å². The second-order valence-electron chi connectivity index (χ2n) is 8.26. The lowest BCUT2D eigenvalue weighted by Gasteiger charge is -2.28. The van der Waals surface area contributed by atoms with E-state index in [1.165, 1.54) is 0 Å². The van der Waals surface area contributed by atoms with E-state index < -0.39 is 5.54 Å². The summed E-state index contributed by atoms with van der Waals surface area (Å²) in [6.07, 6.45) is 10.2. The quantitative estimate of drug-likeness (QED) is 0.511. The molecule has 0 fully saturated rings. The molecule has 1 aliphatic heterocycles. The van der Waals surface area contributed by atoms with E-state index in [-0.39, 0.29) is 17.1 Å². The number of ketones is 1. The molecule has 2 unspecified atom stereocenters. The molecule has 1 aromatic carbocycles. The van der Waals surface area contributed by atoms with E-state index in [0.29, 0.717) is 6.42 Å². The Hall–Kier alpha value is -2.40. The molecular weight excluding hydrogens is 318 g/mol. The van der Waals surface area contributed by atoms with Crippen LogP contribution in [0.2, 0.25) is 0 Å². The Balaban J connectivity index is 2.28. The molecule has 0 aromatic heterocycles. The van der Waals surface area contributed by atoms with Crippen molar-refractivity contribution in [1.82, 2.24) is 0 Å². The van der Waals surface area contributed by atoms with Crippen molar-refractivity contribution in [3.05, 3.63) is 59.2 Å². The van der Waals surface area contributed by atoms with Crippen LogP contribution in [0.5, 0.6) is 0 Å². The number of benzene rings is 1. The maximum absolute atomic E-state index is 13.3. The minimum Gasteiger partial charge on any atom is -0.294 e. The average Bonchev–Trinajstić information content (AvgIpc) is 2.96. The van der Waals surface area contributed by atoms with Gasteiger partial charge in [-0.25, -0.2) is 0 Å². The number of carbonyl (C=O) groups excluding carboxylic acids is 1. The highest BCUT2D eigenvalue weighted by Gasteiger charge is 2.37. The summed E-state index contributed by atoms with van der Waals surface area (Å²) >= 11 is 0. The molecule has 0 radical (unpaired) electrons. The zero-order chi connectivity index (χ0) is 19.4. The molecule has 0 bridgehead atoms. The first kappa shape index (κ1) is 19.9. The Kier molecular flexibility index (Phi) is 6.03. The first-order valence-corrected chi connectivity index (χ1v) is 9.15. The number of allylic oxidation sites excluding steroid dienone is 3. The second kappa shape index (κ2) is 7.87. The molecule has 1 aliphatic rings. The highest BCUT2D eigenvalue weighted by atomic mass is 16.1. The Morgan fingerprint density at radius 3 is 2.62 bits per heavy atom. The smallest absolute Gasteiger partial charge is 0.169 e. The highest BCUT2D eigenvalue weighted by Crippen LogP contribution is 2.33. The van der Waals surface area contributed by atoms with E-state index in [0.717, 1.165) is 16.7 Å². The summed E-state index contributed by atoms with van der Waals surface area (Å²) in [5.74, 6) is 6.17. The Morgan fingerprint density at radius 1 is 1.31 bits per heavy atom. The van der Waals surface area contributed by atoms with Crippen molar-refractivity contribution < 1.29 is 4.79 Å². The molecule has 0 saturated carbocycles. The van der Waals surface area contributed by atoms with Gasteiger partial charge in [0, 0.05) is 17.2 Å². The van der Waals surface area contributed by atoms with Gasteiger partial charge in [0.05, 0.1) is 11.5 Å². The van der Waals surface area contributed by atoms with Crippen molar-refractivity contribution in [2.75, 3.05) is 0 Å². The first-order valence-electron chi connectivity index (χ1n) is 9.15. The predicted octanol–water partition coefficient (Wildman–Crippen LogP) is 5.50. The van der Waals surface area contributed by atoms with Crippen molar-refractivity contribution in [1.29, 1.82) is 0 Å².